The molecule has 1 aromatic rings. The SMILES string of the molecule is C#CC(C)(C)NCc1cnc(N(C)C)n1C. The first-order valence-electron chi connectivity index (χ1n) is 5.28. The number of anilines is 1. The Hall–Kier alpha value is -1.47. The Balaban J connectivity index is 2.73. The zero-order valence-corrected chi connectivity index (χ0v) is 10.7. The van der Waals surface area contributed by atoms with Gasteiger partial charge in [0, 0.05) is 27.7 Å². The van der Waals surface area contributed by atoms with Crippen molar-refractivity contribution in [2.24, 2.45) is 7.05 Å². The Morgan fingerprint density at radius 3 is 2.62 bits per heavy atom. The number of hydrogen-bond acceptors (Lipinski definition) is 3. The number of rotatable bonds is 4. The number of terminal acetylenes is 1. The van der Waals surface area contributed by atoms with Crippen LogP contribution in [-0.4, -0.2) is 29.2 Å². The molecule has 0 radical (unpaired) electrons. The van der Waals surface area contributed by atoms with E-state index in [9.17, 15) is 0 Å². The van der Waals surface area contributed by atoms with Gasteiger partial charge < -0.3 is 9.47 Å². The third kappa shape index (κ3) is 2.77. The van der Waals surface area contributed by atoms with E-state index < -0.39 is 0 Å². The normalized spacial score (nSPS) is 11.2. The van der Waals surface area contributed by atoms with Gasteiger partial charge >= 0.3 is 0 Å². The molecule has 0 amide bonds. The van der Waals surface area contributed by atoms with Gasteiger partial charge in [-0.15, -0.1) is 6.42 Å². The van der Waals surface area contributed by atoms with Crippen LogP contribution in [0.25, 0.3) is 0 Å². The van der Waals surface area contributed by atoms with Crippen LogP contribution >= 0.6 is 0 Å². The van der Waals surface area contributed by atoms with Crippen LogP contribution in [0.4, 0.5) is 5.95 Å². The Bertz CT molecular complexity index is 396. The number of imidazole rings is 1. The standard InChI is InChI=1S/C12H20N4/c1-7-12(2,3)14-9-10-8-13-11(15(4)5)16(10)6/h1,8,14H,9H2,2-6H3. The molecule has 1 heterocycles. The zero-order valence-electron chi connectivity index (χ0n) is 10.7. The molecule has 0 spiro atoms. The maximum Gasteiger partial charge on any atom is 0.204 e. The topological polar surface area (TPSA) is 33.1 Å². The van der Waals surface area contributed by atoms with Crippen LogP contribution in [-0.2, 0) is 13.6 Å². The van der Waals surface area contributed by atoms with Crippen molar-refractivity contribution < 1.29 is 0 Å². The molecule has 4 nitrogen and oxygen atoms in total. The molecule has 0 saturated carbocycles. The lowest BCUT2D eigenvalue weighted by Crippen LogP contribution is -2.37. The predicted octanol–water partition coefficient (Wildman–Crippen LogP) is 0.987. The zero-order chi connectivity index (χ0) is 12.3. The minimum absolute atomic E-state index is 0.289. The van der Waals surface area contributed by atoms with Crippen LogP contribution in [0.2, 0.25) is 0 Å². The second-order valence-electron chi connectivity index (χ2n) is 4.63. The van der Waals surface area contributed by atoms with Crippen LogP contribution < -0.4 is 10.2 Å². The van der Waals surface area contributed by atoms with Gasteiger partial charge in [0.25, 0.3) is 0 Å². The Morgan fingerprint density at radius 2 is 2.19 bits per heavy atom. The molecule has 4 heteroatoms. The number of nitrogens with one attached hydrogen (secondary N) is 1. The summed E-state index contributed by atoms with van der Waals surface area (Å²) in [5.74, 6) is 3.65. The average molecular weight is 220 g/mol. The summed E-state index contributed by atoms with van der Waals surface area (Å²) in [5.41, 5.74) is 0.828. The highest BCUT2D eigenvalue weighted by Crippen LogP contribution is 2.11. The van der Waals surface area contributed by atoms with Crippen molar-refractivity contribution >= 4 is 5.95 Å². The molecule has 16 heavy (non-hydrogen) atoms. The summed E-state index contributed by atoms with van der Waals surface area (Å²) in [4.78, 5) is 6.32. The number of hydrogen-bond donors (Lipinski definition) is 1. The maximum atomic E-state index is 5.42. The quantitative estimate of drug-likeness (QED) is 0.768. The number of nitrogens with zero attached hydrogens (tertiary/aromatic N) is 3. The van der Waals surface area contributed by atoms with Gasteiger partial charge in [0.2, 0.25) is 5.95 Å². The van der Waals surface area contributed by atoms with Crippen molar-refractivity contribution in [3.8, 4) is 12.3 Å². The Morgan fingerprint density at radius 1 is 1.56 bits per heavy atom. The largest absolute Gasteiger partial charge is 0.348 e. The van der Waals surface area contributed by atoms with Crippen molar-refractivity contribution in [3.63, 3.8) is 0 Å². The van der Waals surface area contributed by atoms with Crippen molar-refractivity contribution in [2.45, 2.75) is 25.9 Å². The lowest BCUT2D eigenvalue weighted by atomic mass is 10.1. The third-order valence-electron chi connectivity index (χ3n) is 2.53. The van der Waals surface area contributed by atoms with Crippen LogP contribution in [0, 0.1) is 12.3 Å². The van der Waals surface area contributed by atoms with E-state index in [0.29, 0.717) is 6.54 Å². The fourth-order valence-electron chi connectivity index (χ4n) is 1.38. The second-order valence-corrected chi connectivity index (χ2v) is 4.63. The fourth-order valence-corrected chi connectivity index (χ4v) is 1.38. The van der Waals surface area contributed by atoms with Crippen LogP contribution in [0.5, 0.6) is 0 Å². The summed E-state index contributed by atoms with van der Waals surface area (Å²) in [6.45, 7) is 4.68. The molecule has 0 aromatic carbocycles. The van der Waals surface area contributed by atoms with Gasteiger partial charge in [0.15, 0.2) is 0 Å². The number of aromatic nitrogens is 2. The van der Waals surface area contributed by atoms with E-state index in [1.165, 1.54) is 0 Å². The first-order valence-corrected chi connectivity index (χ1v) is 5.28. The van der Waals surface area contributed by atoms with Crippen molar-refractivity contribution in [3.05, 3.63) is 11.9 Å². The van der Waals surface area contributed by atoms with Gasteiger partial charge in [0.1, 0.15) is 0 Å². The van der Waals surface area contributed by atoms with Gasteiger partial charge in [-0.25, -0.2) is 4.98 Å². The molecular formula is C12H20N4. The van der Waals surface area contributed by atoms with Crippen molar-refractivity contribution in [2.75, 3.05) is 19.0 Å². The molecular weight excluding hydrogens is 200 g/mol. The van der Waals surface area contributed by atoms with E-state index >= 15 is 0 Å². The van der Waals surface area contributed by atoms with E-state index in [1.807, 2.05) is 46.1 Å². The second kappa shape index (κ2) is 4.58. The van der Waals surface area contributed by atoms with Gasteiger partial charge in [-0.2, -0.15) is 0 Å². The van der Waals surface area contributed by atoms with Gasteiger partial charge in [-0.1, -0.05) is 5.92 Å². The molecule has 0 fully saturated rings. The first-order chi connectivity index (χ1) is 7.37. The molecule has 0 aliphatic heterocycles. The maximum absolute atomic E-state index is 5.42. The van der Waals surface area contributed by atoms with E-state index in [4.69, 9.17) is 6.42 Å². The lowest BCUT2D eigenvalue weighted by molar-refractivity contribution is 0.481. The smallest absolute Gasteiger partial charge is 0.204 e. The molecule has 0 aliphatic carbocycles. The molecule has 0 bridgehead atoms. The molecule has 1 aromatic heterocycles. The predicted molar refractivity (Wildman–Crippen MR) is 67.3 cm³/mol. The van der Waals surface area contributed by atoms with Gasteiger partial charge in [-0.05, 0) is 13.8 Å². The summed E-state index contributed by atoms with van der Waals surface area (Å²) in [7, 11) is 5.96. The van der Waals surface area contributed by atoms with Crippen LogP contribution in [0.1, 0.15) is 19.5 Å². The lowest BCUT2D eigenvalue weighted by Gasteiger charge is -2.20. The van der Waals surface area contributed by atoms with Crippen molar-refractivity contribution in [1.82, 2.24) is 14.9 Å². The average Bonchev–Trinajstić information content (AvgIpc) is 2.57. The third-order valence-corrected chi connectivity index (χ3v) is 2.53. The molecule has 0 saturated heterocycles. The summed E-state index contributed by atoms with van der Waals surface area (Å²) >= 11 is 0. The summed E-state index contributed by atoms with van der Waals surface area (Å²) in [5, 5.41) is 3.30. The van der Waals surface area contributed by atoms with Crippen molar-refractivity contribution in [1.29, 1.82) is 0 Å². The summed E-state index contributed by atoms with van der Waals surface area (Å²) in [6, 6.07) is 0. The molecule has 1 N–H and O–H groups in total. The highest BCUT2D eigenvalue weighted by molar-refractivity contribution is 5.31. The van der Waals surface area contributed by atoms with E-state index in [-0.39, 0.29) is 5.54 Å². The summed E-state index contributed by atoms with van der Waals surface area (Å²) in [6.07, 6.45) is 7.29. The minimum atomic E-state index is -0.289. The van der Waals surface area contributed by atoms with Gasteiger partial charge in [-0.3, -0.25) is 5.32 Å². The molecule has 88 valence electrons. The molecule has 0 atom stereocenters. The van der Waals surface area contributed by atoms with Crippen LogP contribution in [0.15, 0.2) is 6.20 Å². The molecule has 0 unspecified atom stereocenters. The highest BCUT2D eigenvalue weighted by Gasteiger charge is 2.14. The Kier molecular flexibility index (Phi) is 3.61. The minimum Gasteiger partial charge on any atom is -0.348 e. The summed E-state index contributed by atoms with van der Waals surface area (Å²) < 4.78 is 2.06. The molecule has 1 rings (SSSR count). The Labute approximate surface area is 97.7 Å². The monoisotopic (exact) mass is 220 g/mol. The van der Waals surface area contributed by atoms with E-state index in [1.54, 1.807) is 0 Å². The first kappa shape index (κ1) is 12.6. The fraction of sp³-hybridized carbons (Fsp3) is 0.583. The van der Waals surface area contributed by atoms with Crippen LogP contribution in [0.3, 0.4) is 0 Å². The molecule has 0 aliphatic rings. The highest BCUT2D eigenvalue weighted by atomic mass is 15.3. The van der Waals surface area contributed by atoms with E-state index in [0.717, 1.165) is 11.6 Å². The van der Waals surface area contributed by atoms with E-state index in [2.05, 4.69) is 20.8 Å². The van der Waals surface area contributed by atoms with Gasteiger partial charge in [0.05, 0.1) is 17.4 Å².